The Balaban J connectivity index is 1.85. The summed E-state index contributed by atoms with van der Waals surface area (Å²) in [5, 5.41) is 2.52. The summed E-state index contributed by atoms with van der Waals surface area (Å²) in [5.74, 6) is 0.0664. The van der Waals surface area contributed by atoms with E-state index in [1.165, 1.54) is 11.3 Å². The fourth-order valence-corrected chi connectivity index (χ4v) is 3.21. The van der Waals surface area contributed by atoms with Crippen LogP contribution in [0.2, 0.25) is 0 Å². The van der Waals surface area contributed by atoms with Crippen LogP contribution in [-0.4, -0.2) is 77.3 Å². The summed E-state index contributed by atoms with van der Waals surface area (Å²) in [6.07, 6.45) is 0. The number of aromatic nitrogens is 1. The summed E-state index contributed by atoms with van der Waals surface area (Å²) in [4.78, 5) is 34.6. The van der Waals surface area contributed by atoms with Crippen molar-refractivity contribution in [3.8, 4) is 0 Å². The van der Waals surface area contributed by atoms with Crippen molar-refractivity contribution < 1.29 is 9.59 Å². The Morgan fingerprint density at radius 2 is 1.83 bits per heavy atom. The number of piperazine rings is 1. The molecule has 7 nitrogen and oxygen atoms in total. The van der Waals surface area contributed by atoms with E-state index < -0.39 is 0 Å². The van der Waals surface area contributed by atoms with Crippen LogP contribution in [0.4, 0.5) is 0 Å². The number of carbonyl (C=O) groups excluding carboxylic acids is 2. The molecule has 0 spiro atoms. The summed E-state index contributed by atoms with van der Waals surface area (Å²) in [5.41, 5.74) is 5.99. The zero-order valence-corrected chi connectivity index (χ0v) is 14.6. The molecule has 2 amide bonds. The third-order valence-electron chi connectivity index (χ3n) is 4.12. The highest BCUT2D eigenvalue weighted by Crippen LogP contribution is 2.13. The van der Waals surface area contributed by atoms with Gasteiger partial charge in [-0.15, -0.1) is 11.3 Å². The Morgan fingerprint density at radius 1 is 1.22 bits per heavy atom. The van der Waals surface area contributed by atoms with E-state index in [0.29, 0.717) is 45.0 Å². The molecule has 0 radical (unpaired) electrons. The van der Waals surface area contributed by atoms with E-state index in [9.17, 15) is 9.59 Å². The molecule has 1 fully saturated rings. The maximum Gasteiger partial charge on any atom is 0.273 e. The summed E-state index contributed by atoms with van der Waals surface area (Å²) >= 11 is 1.41. The highest BCUT2D eigenvalue weighted by atomic mass is 32.1. The van der Waals surface area contributed by atoms with E-state index in [4.69, 9.17) is 5.73 Å². The van der Waals surface area contributed by atoms with E-state index >= 15 is 0 Å². The predicted octanol–water partition coefficient (Wildman–Crippen LogP) is 0.228. The lowest BCUT2D eigenvalue weighted by atomic mass is 10.2. The number of amides is 2. The van der Waals surface area contributed by atoms with Crippen molar-refractivity contribution in [2.75, 3.05) is 45.8 Å². The molecule has 2 N–H and O–H groups in total. The molecule has 1 aromatic heterocycles. The minimum absolute atomic E-state index is 0.0724. The summed E-state index contributed by atoms with van der Waals surface area (Å²) < 4.78 is 0. The number of carbonyl (C=O) groups is 2. The van der Waals surface area contributed by atoms with Gasteiger partial charge in [0.05, 0.1) is 6.54 Å². The van der Waals surface area contributed by atoms with E-state index in [1.807, 2.05) is 4.90 Å². The van der Waals surface area contributed by atoms with Gasteiger partial charge < -0.3 is 15.5 Å². The standard InChI is InChI=1S/C15H25N5O2S/c1-3-18(4-2)10-14(21)19-5-7-20(8-6-19)15(22)12-11-23-13(9-16)17-12/h11H,3-10,16H2,1-2H3. The lowest BCUT2D eigenvalue weighted by molar-refractivity contribution is -0.133. The molecule has 0 aliphatic carbocycles. The van der Waals surface area contributed by atoms with Gasteiger partial charge >= 0.3 is 0 Å². The van der Waals surface area contributed by atoms with Crippen LogP contribution in [0, 0.1) is 0 Å². The SMILES string of the molecule is CCN(CC)CC(=O)N1CCN(C(=O)c2csc(CN)n2)CC1. The number of hydrogen-bond acceptors (Lipinski definition) is 6. The fourth-order valence-electron chi connectivity index (χ4n) is 2.56. The van der Waals surface area contributed by atoms with E-state index in [0.717, 1.165) is 18.1 Å². The van der Waals surface area contributed by atoms with Crippen LogP contribution < -0.4 is 5.73 Å². The number of rotatable bonds is 6. The molecule has 0 bridgehead atoms. The Hall–Kier alpha value is -1.51. The van der Waals surface area contributed by atoms with Crippen LogP contribution in [0.5, 0.6) is 0 Å². The smallest absolute Gasteiger partial charge is 0.273 e. The van der Waals surface area contributed by atoms with Crippen molar-refractivity contribution >= 4 is 23.2 Å². The molecule has 128 valence electrons. The van der Waals surface area contributed by atoms with E-state index in [-0.39, 0.29) is 11.8 Å². The molecule has 1 aromatic rings. The van der Waals surface area contributed by atoms with Gasteiger partial charge in [-0.3, -0.25) is 14.5 Å². The normalized spacial score (nSPS) is 15.3. The maximum absolute atomic E-state index is 12.4. The molecule has 0 atom stereocenters. The summed E-state index contributed by atoms with van der Waals surface area (Å²) in [6.45, 7) is 8.92. The Morgan fingerprint density at radius 3 is 2.35 bits per heavy atom. The molecule has 8 heteroatoms. The Kier molecular flexibility index (Phi) is 6.49. The summed E-state index contributed by atoms with van der Waals surface area (Å²) in [7, 11) is 0. The number of nitrogens with two attached hydrogens (primary N) is 1. The van der Waals surface area contributed by atoms with Crippen LogP contribution in [0.25, 0.3) is 0 Å². The van der Waals surface area contributed by atoms with E-state index in [1.54, 1.807) is 10.3 Å². The first-order valence-corrected chi connectivity index (χ1v) is 8.90. The van der Waals surface area contributed by atoms with E-state index in [2.05, 4.69) is 23.7 Å². The number of hydrogen-bond donors (Lipinski definition) is 1. The quantitative estimate of drug-likeness (QED) is 0.802. The third kappa shape index (κ3) is 4.49. The van der Waals surface area contributed by atoms with Crippen molar-refractivity contribution in [2.45, 2.75) is 20.4 Å². The minimum atomic E-state index is -0.0724. The average Bonchev–Trinajstić information content (AvgIpc) is 3.08. The van der Waals surface area contributed by atoms with Crippen molar-refractivity contribution in [1.82, 2.24) is 19.7 Å². The third-order valence-corrected chi connectivity index (χ3v) is 4.99. The molecule has 0 aromatic carbocycles. The highest BCUT2D eigenvalue weighted by Gasteiger charge is 2.26. The largest absolute Gasteiger partial charge is 0.338 e. The second-order valence-corrected chi connectivity index (χ2v) is 6.41. The maximum atomic E-state index is 12.4. The molecule has 1 aliphatic heterocycles. The highest BCUT2D eigenvalue weighted by molar-refractivity contribution is 7.09. The second kappa shape index (κ2) is 8.37. The van der Waals surface area contributed by atoms with Crippen molar-refractivity contribution in [2.24, 2.45) is 5.73 Å². The van der Waals surface area contributed by atoms with Crippen molar-refractivity contribution in [3.63, 3.8) is 0 Å². The van der Waals surface area contributed by atoms with Gasteiger partial charge in [0.2, 0.25) is 5.91 Å². The predicted molar refractivity (Wildman–Crippen MR) is 90.3 cm³/mol. The zero-order valence-electron chi connectivity index (χ0n) is 13.8. The number of thiazole rings is 1. The van der Waals surface area contributed by atoms with Gasteiger partial charge in [-0.05, 0) is 13.1 Å². The first-order chi connectivity index (χ1) is 11.1. The van der Waals surface area contributed by atoms with Gasteiger partial charge in [-0.1, -0.05) is 13.8 Å². The molecule has 23 heavy (non-hydrogen) atoms. The van der Waals surface area contributed by atoms with Crippen LogP contribution >= 0.6 is 11.3 Å². The monoisotopic (exact) mass is 339 g/mol. The van der Waals surface area contributed by atoms with Crippen LogP contribution in [0.15, 0.2) is 5.38 Å². The average molecular weight is 339 g/mol. The minimum Gasteiger partial charge on any atom is -0.338 e. The number of likely N-dealkylation sites (N-methyl/N-ethyl adjacent to an activating group) is 1. The first kappa shape index (κ1) is 17.8. The van der Waals surface area contributed by atoms with Gasteiger partial charge in [0.25, 0.3) is 5.91 Å². The molecule has 2 heterocycles. The molecular weight excluding hydrogens is 314 g/mol. The molecule has 0 saturated carbocycles. The van der Waals surface area contributed by atoms with Gasteiger partial charge in [0, 0.05) is 38.1 Å². The Bertz CT molecular complexity index is 536. The molecular formula is C15H25N5O2S. The molecule has 2 rings (SSSR count). The van der Waals surface area contributed by atoms with Crippen LogP contribution in [0.1, 0.15) is 29.3 Å². The first-order valence-electron chi connectivity index (χ1n) is 8.02. The van der Waals surface area contributed by atoms with Crippen LogP contribution in [0.3, 0.4) is 0 Å². The van der Waals surface area contributed by atoms with Crippen LogP contribution in [-0.2, 0) is 11.3 Å². The van der Waals surface area contributed by atoms with Gasteiger partial charge in [-0.25, -0.2) is 4.98 Å². The van der Waals surface area contributed by atoms with Crippen molar-refractivity contribution in [1.29, 1.82) is 0 Å². The summed E-state index contributed by atoms with van der Waals surface area (Å²) in [6, 6.07) is 0. The fraction of sp³-hybridized carbons (Fsp3) is 0.667. The van der Waals surface area contributed by atoms with Gasteiger partial charge in [0.1, 0.15) is 10.7 Å². The topological polar surface area (TPSA) is 82.8 Å². The second-order valence-electron chi connectivity index (χ2n) is 5.46. The lowest BCUT2D eigenvalue weighted by Crippen LogP contribution is -2.52. The zero-order chi connectivity index (χ0) is 16.8. The number of nitrogens with zero attached hydrogens (tertiary/aromatic N) is 4. The molecule has 1 saturated heterocycles. The van der Waals surface area contributed by atoms with Gasteiger partial charge in [0.15, 0.2) is 0 Å². The lowest BCUT2D eigenvalue weighted by Gasteiger charge is -2.35. The Labute approximate surface area is 141 Å². The molecule has 0 unspecified atom stereocenters. The van der Waals surface area contributed by atoms with Gasteiger partial charge in [-0.2, -0.15) is 0 Å². The molecule has 1 aliphatic rings. The van der Waals surface area contributed by atoms with Crippen molar-refractivity contribution in [3.05, 3.63) is 16.1 Å².